The van der Waals surface area contributed by atoms with Gasteiger partial charge in [0.05, 0.1) is 5.02 Å². The molecule has 0 aliphatic heterocycles. The molecule has 4 heteroatoms. The normalized spacial score (nSPS) is 11.8. The van der Waals surface area contributed by atoms with Crippen LogP contribution in [0, 0.1) is 17.7 Å². The number of hydrogen-bond acceptors (Lipinski definition) is 1. The molecule has 17 heavy (non-hydrogen) atoms. The Labute approximate surface area is 111 Å². The molecule has 0 aliphatic carbocycles. The zero-order chi connectivity index (χ0) is 12.8. The average Bonchev–Trinajstić information content (AvgIpc) is 2.30. The first kappa shape index (κ1) is 14.3. The third-order valence-corrected chi connectivity index (χ3v) is 3.10. The Bertz CT molecular complexity index is 449. The predicted molar refractivity (Wildman–Crippen MR) is 70.9 cm³/mol. The van der Waals surface area contributed by atoms with Crippen molar-refractivity contribution >= 4 is 23.2 Å². The zero-order valence-corrected chi connectivity index (χ0v) is 11.3. The van der Waals surface area contributed by atoms with Crippen LogP contribution in [0.2, 0.25) is 10.0 Å². The maximum atomic E-state index is 13.3. The van der Waals surface area contributed by atoms with E-state index in [1.807, 2.05) is 6.92 Å². The number of hydrogen-bond donors (Lipinski definition) is 1. The molecule has 0 bridgehead atoms. The van der Waals surface area contributed by atoms with Crippen LogP contribution in [-0.2, 0) is 0 Å². The summed E-state index contributed by atoms with van der Waals surface area (Å²) in [5.41, 5.74) is 0.595. The summed E-state index contributed by atoms with van der Waals surface area (Å²) in [6, 6.07) is 2.68. The van der Waals surface area contributed by atoms with E-state index in [4.69, 9.17) is 23.2 Å². The van der Waals surface area contributed by atoms with E-state index in [-0.39, 0.29) is 11.1 Å². The van der Waals surface area contributed by atoms with E-state index < -0.39 is 5.82 Å². The van der Waals surface area contributed by atoms with Gasteiger partial charge in [-0.25, -0.2) is 4.39 Å². The first-order valence-electron chi connectivity index (χ1n) is 5.34. The van der Waals surface area contributed by atoms with Gasteiger partial charge in [0.15, 0.2) is 0 Å². The molecular weight excluding hydrogens is 260 g/mol. The minimum atomic E-state index is -0.451. The van der Waals surface area contributed by atoms with Crippen LogP contribution in [0.15, 0.2) is 12.1 Å². The lowest BCUT2D eigenvalue weighted by Gasteiger charge is -2.16. The highest BCUT2D eigenvalue weighted by molar-refractivity contribution is 6.36. The van der Waals surface area contributed by atoms with E-state index in [1.165, 1.54) is 12.1 Å². The lowest BCUT2D eigenvalue weighted by Crippen LogP contribution is -2.20. The van der Waals surface area contributed by atoms with Gasteiger partial charge >= 0.3 is 0 Å². The molecule has 1 nitrogen and oxygen atoms in total. The molecular formula is C13H14Cl2FN. The Hall–Kier alpha value is -0.750. The summed E-state index contributed by atoms with van der Waals surface area (Å²) < 4.78 is 13.3. The lowest BCUT2D eigenvalue weighted by molar-refractivity contribution is 0.573. The quantitative estimate of drug-likeness (QED) is 0.493. The second-order valence-corrected chi connectivity index (χ2v) is 4.39. The van der Waals surface area contributed by atoms with Crippen LogP contribution in [0.25, 0.3) is 0 Å². The summed E-state index contributed by atoms with van der Waals surface area (Å²) in [5, 5.41) is 3.76. The van der Waals surface area contributed by atoms with Crippen molar-refractivity contribution in [2.75, 3.05) is 6.54 Å². The molecule has 1 unspecified atom stereocenters. The van der Waals surface area contributed by atoms with E-state index in [1.54, 1.807) is 6.92 Å². The minimum absolute atomic E-state index is 0.0825. The van der Waals surface area contributed by atoms with Crippen LogP contribution in [0.3, 0.4) is 0 Å². The smallest absolute Gasteiger partial charge is 0.142 e. The van der Waals surface area contributed by atoms with Crippen molar-refractivity contribution in [1.82, 2.24) is 5.32 Å². The van der Waals surface area contributed by atoms with Crippen LogP contribution in [0.1, 0.15) is 31.9 Å². The van der Waals surface area contributed by atoms with E-state index in [9.17, 15) is 4.39 Å². The summed E-state index contributed by atoms with van der Waals surface area (Å²) in [7, 11) is 0. The molecule has 0 fully saturated rings. The second kappa shape index (κ2) is 6.86. The highest BCUT2D eigenvalue weighted by atomic mass is 35.5. The molecule has 1 aromatic rings. The maximum absolute atomic E-state index is 13.3. The van der Waals surface area contributed by atoms with Crippen molar-refractivity contribution in [2.24, 2.45) is 0 Å². The highest BCUT2D eigenvalue weighted by Gasteiger charge is 2.16. The van der Waals surface area contributed by atoms with E-state index in [0.717, 1.165) is 6.42 Å². The van der Waals surface area contributed by atoms with Gasteiger partial charge in [-0.15, -0.1) is 11.8 Å². The molecule has 0 aromatic heterocycles. The van der Waals surface area contributed by atoms with Crippen LogP contribution in [-0.4, -0.2) is 6.54 Å². The van der Waals surface area contributed by atoms with Crippen LogP contribution < -0.4 is 5.32 Å². The van der Waals surface area contributed by atoms with Crippen LogP contribution in [0.4, 0.5) is 4.39 Å². The molecule has 0 radical (unpaired) electrons. The van der Waals surface area contributed by atoms with Crippen molar-refractivity contribution in [2.45, 2.75) is 26.3 Å². The summed E-state index contributed by atoms with van der Waals surface area (Å²) in [6.07, 6.45) is 0.741. The van der Waals surface area contributed by atoms with Gasteiger partial charge in [0, 0.05) is 29.6 Å². The first-order valence-corrected chi connectivity index (χ1v) is 6.10. The monoisotopic (exact) mass is 273 g/mol. The SMILES string of the molecule is CC#CCCNC(C)c1c(Cl)ccc(F)c1Cl. The fraction of sp³-hybridized carbons (Fsp3) is 0.385. The fourth-order valence-corrected chi connectivity index (χ4v) is 2.22. The maximum Gasteiger partial charge on any atom is 0.142 e. The van der Waals surface area contributed by atoms with Gasteiger partial charge in [-0.05, 0) is 26.0 Å². The number of halogens is 3. The third kappa shape index (κ3) is 3.89. The zero-order valence-electron chi connectivity index (χ0n) is 9.78. The molecule has 1 rings (SSSR count). The minimum Gasteiger partial charge on any atom is -0.309 e. The van der Waals surface area contributed by atoms with Crippen molar-refractivity contribution in [1.29, 1.82) is 0 Å². The average molecular weight is 274 g/mol. The standard InChI is InChI=1S/C13H14Cl2FN/c1-3-4-5-8-17-9(2)12-10(14)6-7-11(16)13(12)15/h6-7,9,17H,5,8H2,1-2H3. The van der Waals surface area contributed by atoms with Gasteiger partial charge in [-0.3, -0.25) is 0 Å². The largest absolute Gasteiger partial charge is 0.309 e. The molecule has 0 amide bonds. The third-order valence-electron chi connectivity index (χ3n) is 2.39. The summed E-state index contributed by atoms with van der Waals surface area (Å²) in [6.45, 7) is 4.40. The summed E-state index contributed by atoms with van der Waals surface area (Å²) in [4.78, 5) is 0. The molecule has 0 spiro atoms. The second-order valence-electron chi connectivity index (χ2n) is 3.61. The van der Waals surface area contributed by atoms with Gasteiger partial charge in [0.25, 0.3) is 0 Å². The molecule has 0 saturated heterocycles. The fourth-order valence-electron chi connectivity index (χ4n) is 1.52. The van der Waals surface area contributed by atoms with Crippen molar-refractivity contribution in [3.8, 4) is 11.8 Å². The van der Waals surface area contributed by atoms with E-state index >= 15 is 0 Å². The van der Waals surface area contributed by atoms with E-state index in [2.05, 4.69) is 17.2 Å². The summed E-state index contributed by atoms with van der Waals surface area (Å²) >= 11 is 11.9. The first-order chi connectivity index (χ1) is 8.07. The Morgan fingerprint density at radius 2 is 2.12 bits per heavy atom. The van der Waals surface area contributed by atoms with Crippen LogP contribution >= 0.6 is 23.2 Å². The topological polar surface area (TPSA) is 12.0 Å². The van der Waals surface area contributed by atoms with Gasteiger partial charge in [0.2, 0.25) is 0 Å². The Kier molecular flexibility index (Phi) is 5.77. The van der Waals surface area contributed by atoms with Gasteiger partial charge < -0.3 is 5.32 Å². The lowest BCUT2D eigenvalue weighted by atomic mass is 10.1. The molecule has 92 valence electrons. The van der Waals surface area contributed by atoms with Gasteiger partial charge in [0.1, 0.15) is 5.82 Å². The number of rotatable bonds is 4. The number of nitrogens with one attached hydrogen (secondary N) is 1. The molecule has 1 N–H and O–H groups in total. The van der Waals surface area contributed by atoms with E-state index in [0.29, 0.717) is 17.1 Å². The van der Waals surface area contributed by atoms with Crippen LogP contribution in [0.5, 0.6) is 0 Å². The Morgan fingerprint density at radius 3 is 2.76 bits per heavy atom. The summed E-state index contributed by atoms with van der Waals surface area (Å²) in [5.74, 6) is 5.30. The number of benzene rings is 1. The van der Waals surface area contributed by atoms with Crippen molar-refractivity contribution in [3.05, 3.63) is 33.6 Å². The molecule has 0 aliphatic rings. The highest BCUT2D eigenvalue weighted by Crippen LogP contribution is 2.32. The molecule has 0 heterocycles. The molecule has 0 saturated carbocycles. The predicted octanol–water partition coefficient (Wildman–Crippen LogP) is 4.20. The molecule has 1 aromatic carbocycles. The Balaban J connectivity index is 2.76. The Morgan fingerprint density at radius 1 is 1.41 bits per heavy atom. The van der Waals surface area contributed by atoms with Crippen molar-refractivity contribution in [3.63, 3.8) is 0 Å². The van der Waals surface area contributed by atoms with Gasteiger partial charge in [-0.1, -0.05) is 23.2 Å². The van der Waals surface area contributed by atoms with Crippen molar-refractivity contribution < 1.29 is 4.39 Å². The molecule has 1 atom stereocenters. The van der Waals surface area contributed by atoms with Gasteiger partial charge in [-0.2, -0.15) is 0 Å².